The van der Waals surface area contributed by atoms with Crippen LogP contribution in [0.3, 0.4) is 0 Å². The first kappa shape index (κ1) is 21.2. The number of aryl methyl sites for hydroxylation is 1. The number of hydrogen-bond acceptors (Lipinski definition) is 5. The van der Waals surface area contributed by atoms with Crippen molar-refractivity contribution in [1.29, 1.82) is 0 Å². The van der Waals surface area contributed by atoms with Crippen molar-refractivity contribution < 1.29 is 9.53 Å². The van der Waals surface area contributed by atoms with Gasteiger partial charge in [0.15, 0.2) is 5.16 Å². The van der Waals surface area contributed by atoms with Gasteiger partial charge in [0.2, 0.25) is 5.91 Å². The van der Waals surface area contributed by atoms with Gasteiger partial charge in [-0.3, -0.25) is 4.79 Å². The van der Waals surface area contributed by atoms with Gasteiger partial charge in [-0.15, -0.1) is 10.2 Å². The van der Waals surface area contributed by atoms with Crippen LogP contribution in [-0.4, -0.2) is 33.5 Å². The molecule has 0 radical (unpaired) electrons. The molecule has 0 aliphatic heterocycles. The molecule has 0 aliphatic rings. The molecule has 0 saturated carbocycles. The van der Waals surface area contributed by atoms with E-state index in [0.717, 1.165) is 23.1 Å². The summed E-state index contributed by atoms with van der Waals surface area (Å²) in [5.41, 5.74) is 2.64. The monoisotopic (exact) mass is 430 g/mol. The third-order valence-corrected chi connectivity index (χ3v) is 5.78. The van der Waals surface area contributed by atoms with Crippen LogP contribution in [0.25, 0.3) is 0 Å². The van der Waals surface area contributed by atoms with E-state index in [2.05, 4.69) is 27.6 Å². The topological polar surface area (TPSA) is 69.0 Å². The highest BCUT2D eigenvalue weighted by atomic mass is 35.5. The summed E-state index contributed by atoms with van der Waals surface area (Å²) in [7, 11) is 1.55. The van der Waals surface area contributed by atoms with E-state index in [9.17, 15) is 4.79 Å². The summed E-state index contributed by atoms with van der Waals surface area (Å²) in [6, 6.07) is 13.6. The fourth-order valence-electron chi connectivity index (χ4n) is 2.90. The van der Waals surface area contributed by atoms with Gasteiger partial charge in [-0.2, -0.15) is 0 Å². The zero-order valence-corrected chi connectivity index (χ0v) is 18.2. The highest BCUT2D eigenvalue weighted by Gasteiger charge is 2.15. The molecule has 6 nitrogen and oxygen atoms in total. The number of benzene rings is 2. The predicted octanol–water partition coefficient (Wildman–Crippen LogP) is 4.59. The molecule has 0 saturated heterocycles. The Labute approximate surface area is 179 Å². The smallest absolute Gasteiger partial charge is 0.234 e. The lowest BCUT2D eigenvalue weighted by Crippen LogP contribution is -2.15. The Morgan fingerprint density at radius 2 is 2.00 bits per heavy atom. The molecule has 2 aromatic carbocycles. The molecule has 1 N–H and O–H groups in total. The highest BCUT2D eigenvalue weighted by Crippen LogP contribution is 2.31. The first-order chi connectivity index (χ1) is 14.0. The van der Waals surface area contributed by atoms with Crippen molar-refractivity contribution in [3.8, 4) is 5.75 Å². The number of methoxy groups -OCH3 is 1. The van der Waals surface area contributed by atoms with Crippen molar-refractivity contribution in [2.45, 2.75) is 32.0 Å². The standard InChI is InChI=1S/C21H23ClN4O2S/c1-4-26-19(11-15-8-6-5-7-9-15)24-25-21(26)29-13-20(27)23-17-10-14(2)16(22)12-18(17)28-3/h5-10,12H,4,11,13H2,1-3H3,(H,23,27). The van der Waals surface area contributed by atoms with Crippen molar-refractivity contribution in [2.24, 2.45) is 0 Å². The van der Waals surface area contributed by atoms with Gasteiger partial charge in [-0.1, -0.05) is 53.7 Å². The molecule has 3 aromatic rings. The summed E-state index contributed by atoms with van der Waals surface area (Å²) < 4.78 is 7.35. The molecule has 0 bridgehead atoms. The third kappa shape index (κ3) is 5.31. The Morgan fingerprint density at radius 3 is 2.69 bits per heavy atom. The lowest BCUT2D eigenvalue weighted by molar-refractivity contribution is -0.113. The zero-order chi connectivity index (χ0) is 20.8. The minimum absolute atomic E-state index is 0.148. The Morgan fingerprint density at radius 1 is 1.24 bits per heavy atom. The second-order valence-electron chi connectivity index (χ2n) is 6.44. The van der Waals surface area contributed by atoms with Crippen LogP contribution in [0.2, 0.25) is 5.02 Å². The second-order valence-corrected chi connectivity index (χ2v) is 7.79. The van der Waals surface area contributed by atoms with Crippen molar-refractivity contribution >= 4 is 35.0 Å². The summed E-state index contributed by atoms with van der Waals surface area (Å²) in [6.45, 7) is 4.66. The zero-order valence-electron chi connectivity index (χ0n) is 16.6. The molecule has 1 heterocycles. The minimum atomic E-state index is -0.148. The van der Waals surface area contributed by atoms with E-state index in [4.69, 9.17) is 16.3 Å². The molecule has 29 heavy (non-hydrogen) atoms. The maximum atomic E-state index is 12.5. The van der Waals surface area contributed by atoms with E-state index in [1.807, 2.05) is 36.6 Å². The molecule has 0 unspecified atom stereocenters. The average molecular weight is 431 g/mol. The second kappa shape index (κ2) is 9.80. The summed E-state index contributed by atoms with van der Waals surface area (Å²) >= 11 is 7.48. The van der Waals surface area contributed by atoms with Crippen LogP contribution in [-0.2, 0) is 17.8 Å². The number of carbonyl (C=O) groups is 1. The molecule has 8 heteroatoms. The Hall–Kier alpha value is -2.51. The first-order valence-corrected chi connectivity index (χ1v) is 10.6. The summed E-state index contributed by atoms with van der Waals surface area (Å²) in [6.07, 6.45) is 0.704. The molecule has 0 fully saturated rings. The highest BCUT2D eigenvalue weighted by molar-refractivity contribution is 7.99. The van der Waals surface area contributed by atoms with Crippen LogP contribution >= 0.6 is 23.4 Å². The number of amides is 1. The van der Waals surface area contributed by atoms with E-state index in [1.165, 1.54) is 17.3 Å². The number of ether oxygens (including phenoxy) is 1. The lowest BCUT2D eigenvalue weighted by atomic mass is 10.1. The molecule has 152 valence electrons. The van der Waals surface area contributed by atoms with E-state index in [1.54, 1.807) is 19.2 Å². The molecular weight excluding hydrogens is 408 g/mol. The van der Waals surface area contributed by atoms with Crippen molar-refractivity contribution in [3.05, 3.63) is 64.4 Å². The van der Waals surface area contributed by atoms with E-state index >= 15 is 0 Å². The average Bonchev–Trinajstić information content (AvgIpc) is 3.11. The van der Waals surface area contributed by atoms with Crippen LogP contribution in [0.5, 0.6) is 5.75 Å². The molecule has 0 spiro atoms. The van der Waals surface area contributed by atoms with Crippen LogP contribution in [0, 0.1) is 6.92 Å². The van der Waals surface area contributed by atoms with Gasteiger partial charge in [0, 0.05) is 24.1 Å². The fourth-order valence-corrected chi connectivity index (χ4v) is 3.87. The van der Waals surface area contributed by atoms with E-state index in [0.29, 0.717) is 22.9 Å². The van der Waals surface area contributed by atoms with Crippen molar-refractivity contribution in [3.63, 3.8) is 0 Å². The number of anilines is 1. The number of nitrogens with one attached hydrogen (secondary N) is 1. The van der Waals surface area contributed by atoms with Gasteiger partial charge in [0.1, 0.15) is 11.6 Å². The Kier molecular flexibility index (Phi) is 7.17. The largest absolute Gasteiger partial charge is 0.495 e. The predicted molar refractivity (Wildman–Crippen MR) is 117 cm³/mol. The number of hydrogen-bond donors (Lipinski definition) is 1. The molecule has 0 aliphatic carbocycles. The molecule has 1 aromatic heterocycles. The van der Waals surface area contributed by atoms with Gasteiger partial charge < -0.3 is 14.6 Å². The van der Waals surface area contributed by atoms with Crippen LogP contribution in [0.15, 0.2) is 47.6 Å². The first-order valence-electron chi connectivity index (χ1n) is 9.24. The van der Waals surface area contributed by atoms with Crippen LogP contribution < -0.4 is 10.1 Å². The van der Waals surface area contributed by atoms with Gasteiger partial charge in [0.05, 0.1) is 18.6 Å². The van der Waals surface area contributed by atoms with Gasteiger partial charge in [-0.25, -0.2) is 0 Å². The fraction of sp³-hybridized carbons (Fsp3) is 0.286. The molecule has 1 amide bonds. The van der Waals surface area contributed by atoms with Crippen molar-refractivity contribution in [2.75, 3.05) is 18.2 Å². The number of nitrogens with zero attached hydrogens (tertiary/aromatic N) is 3. The third-order valence-electron chi connectivity index (χ3n) is 4.40. The van der Waals surface area contributed by atoms with E-state index in [-0.39, 0.29) is 11.7 Å². The summed E-state index contributed by atoms with van der Waals surface area (Å²) in [5, 5.41) is 12.8. The molecule has 3 rings (SSSR count). The summed E-state index contributed by atoms with van der Waals surface area (Å²) in [5.74, 6) is 1.48. The lowest BCUT2D eigenvalue weighted by Gasteiger charge is -2.12. The van der Waals surface area contributed by atoms with E-state index < -0.39 is 0 Å². The van der Waals surface area contributed by atoms with Gasteiger partial charge in [-0.05, 0) is 31.0 Å². The Balaban J connectivity index is 1.66. The van der Waals surface area contributed by atoms with Gasteiger partial charge >= 0.3 is 0 Å². The SMILES string of the molecule is CCn1c(Cc2ccccc2)nnc1SCC(=O)Nc1cc(C)c(Cl)cc1OC. The maximum absolute atomic E-state index is 12.5. The van der Waals surface area contributed by atoms with Crippen LogP contribution in [0.1, 0.15) is 23.9 Å². The quantitative estimate of drug-likeness (QED) is 0.529. The number of halogens is 1. The van der Waals surface area contributed by atoms with Gasteiger partial charge in [0.25, 0.3) is 0 Å². The normalized spacial score (nSPS) is 10.8. The Bertz CT molecular complexity index is 992. The summed E-state index contributed by atoms with van der Waals surface area (Å²) in [4.78, 5) is 12.5. The number of carbonyl (C=O) groups excluding carboxylic acids is 1. The van der Waals surface area contributed by atoms with Crippen molar-refractivity contribution in [1.82, 2.24) is 14.8 Å². The number of thioether (sulfide) groups is 1. The maximum Gasteiger partial charge on any atom is 0.234 e. The molecule has 0 atom stereocenters. The molecular formula is C21H23ClN4O2S. The number of aromatic nitrogens is 3. The minimum Gasteiger partial charge on any atom is -0.495 e. The number of rotatable bonds is 8. The van der Waals surface area contributed by atoms with Crippen LogP contribution in [0.4, 0.5) is 5.69 Å².